The number of nitrogens with one attached hydrogen (secondary N) is 1. The number of carbonyl (C=O) groups is 1. The summed E-state index contributed by atoms with van der Waals surface area (Å²) in [6.07, 6.45) is 0.914. The molecule has 0 bridgehead atoms. The van der Waals surface area contributed by atoms with Gasteiger partial charge in [0.05, 0.1) is 33.0 Å². The monoisotopic (exact) mass is 404 g/mol. The molecule has 1 aliphatic rings. The highest BCUT2D eigenvalue weighted by molar-refractivity contribution is 7.10. The Morgan fingerprint density at radius 3 is 2.79 bits per heavy atom. The Bertz CT molecular complexity index is 745. The summed E-state index contributed by atoms with van der Waals surface area (Å²) in [5.74, 6) is 1.12. The van der Waals surface area contributed by atoms with Gasteiger partial charge in [-0.3, -0.25) is 9.69 Å². The van der Waals surface area contributed by atoms with Crippen molar-refractivity contribution in [2.75, 3.05) is 46.6 Å². The highest BCUT2D eigenvalue weighted by atomic mass is 32.1. The van der Waals surface area contributed by atoms with E-state index in [4.69, 9.17) is 14.2 Å². The highest BCUT2D eigenvalue weighted by Gasteiger charge is 2.24. The van der Waals surface area contributed by atoms with Gasteiger partial charge in [-0.15, -0.1) is 11.3 Å². The molecule has 0 unspecified atom stereocenters. The molecule has 28 heavy (non-hydrogen) atoms. The number of hydrogen-bond acceptors (Lipinski definition) is 6. The quantitative estimate of drug-likeness (QED) is 0.695. The van der Waals surface area contributed by atoms with E-state index >= 15 is 0 Å². The lowest BCUT2D eigenvalue weighted by atomic mass is 10.1. The van der Waals surface area contributed by atoms with E-state index in [1.165, 1.54) is 4.88 Å². The van der Waals surface area contributed by atoms with E-state index in [0.29, 0.717) is 30.2 Å². The molecule has 1 aromatic carbocycles. The molecule has 7 heteroatoms. The summed E-state index contributed by atoms with van der Waals surface area (Å²) in [4.78, 5) is 16.4. The minimum Gasteiger partial charge on any atom is -0.493 e. The third kappa shape index (κ3) is 5.25. The standard InChI is InChI=1S/C21H28N2O4S/c1-3-10-27-18-7-6-16(14-19(18)25-2)21(24)22-15-17(20-5-4-13-28-20)23-8-11-26-12-9-23/h4-7,13-14,17H,3,8-12,15H2,1-2H3,(H,22,24)/t17-/m1/s1. The number of methoxy groups -OCH3 is 1. The summed E-state index contributed by atoms with van der Waals surface area (Å²) in [7, 11) is 1.58. The number of amides is 1. The highest BCUT2D eigenvalue weighted by Crippen LogP contribution is 2.29. The molecule has 2 heterocycles. The van der Waals surface area contributed by atoms with Crippen molar-refractivity contribution in [2.24, 2.45) is 0 Å². The molecule has 1 saturated heterocycles. The number of benzene rings is 1. The van der Waals surface area contributed by atoms with Gasteiger partial charge in [-0.25, -0.2) is 0 Å². The van der Waals surface area contributed by atoms with Crippen molar-refractivity contribution in [3.8, 4) is 11.5 Å². The second-order valence-corrected chi connectivity index (χ2v) is 7.58. The third-order valence-electron chi connectivity index (χ3n) is 4.70. The van der Waals surface area contributed by atoms with E-state index in [1.807, 2.05) is 6.92 Å². The zero-order valence-electron chi connectivity index (χ0n) is 16.5. The summed E-state index contributed by atoms with van der Waals surface area (Å²) in [5, 5.41) is 5.16. The van der Waals surface area contributed by atoms with Crippen LogP contribution in [0.4, 0.5) is 0 Å². The van der Waals surface area contributed by atoms with E-state index in [0.717, 1.165) is 32.7 Å². The van der Waals surface area contributed by atoms with Gasteiger partial charge >= 0.3 is 0 Å². The Morgan fingerprint density at radius 1 is 1.29 bits per heavy atom. The predicted molar refractivity (Wildman–Crippen MR) is 111 cm³/mol. The molecular weight excluding hydrogens is 376 g/mol. The van der Waals surface area contributed by atoms with Gasteiger partial charge in [-0.1, -0.05) is 13.0 Å². The SMILES string of the molecule is CCCOc1ccc(C(=O)NC[C@H](c2cccs2)N2CCOCC2)cc1OC. The average Bonchev–Trinajstić information content (AvgIpc) is 3.27. The number of nitrogens with zero attached hydrogens (tertiary/aromatic N) is 1. The molecule has 1 aliphatic heterocycles. The number of ether oxygens (including phenoxy) is 3. The first-order valence-electron chi connectivity index (χ1n) is 9.67. The molecule has 0 spiro atoms. The molecule has 1 amide bonds. The fourth-order valence-corrected chi connectivity index (χ4v) is 4.07. The van der Waals surface area contributed by atoms with Crippen LogP contribution in [0, 0.1) is 0 Å². The fraction of sp³-hybridized carbons (Fsp3) is 0.476. The van der Waals surface area contributed by atoms with Crippen molar-refractivity contribution < 1.29 is 19.0 Å². The van der Waals surface area contributed by atoms with Crippen LogP contribution in [-0.2, 0) is 4.74 Å². The number of thiophene rings is 1. The number of hydrogen-bond donors (Lipinski definition) is 1. The first-order chi connectivity index (χ1) is 13.7. The lowest BCUT2D eigenvalue weighted by Crippen LogP contribution is -2.43. The summed E-state index contributed by atoms with van der Waals surface area (Å²) in [6.45, 7) is 6.41. The van der Waals surface area contributed by atoms with Crippen LogP contribution in [0.2, 0.25) is 0 Å². The van der Waals surface area contributed by atoms with E-state index in [9.17, 15) is 4.79 Å². The normalized spacial score (nSPS) is 15.8. The summed E-state index contributed by atoms with van der Waals surface area (Å²) in [5.41, 5.74) is 0.563. The Morgan fingerprint density at radius 2 is 2.11 bits per heavy atom. The van der Waals surface area contributed by atoms with Crippen LogP contribution in [0.15, 0.2) is 35.7 Å². The van der Waals surface area contributed by atoms with Crippen molar-refractivity contribution in [3.63, 3.8) is 0 Å². The number of morpholine rings is 1. The van der Waals surface area contributed by atoms with Crippen LogP contribution in [0.3, 0.4) is 0 Å². The topological polar surface area (TPSA) is 60.0 Å². The first kappa shape index (κ1) is 20.6. The zero-order chi connectivity index (χ0) is 19.8. The van der Waals surface area contributed by atoms with Crippen LogP contribution >= 0.6 is 11.3 Å². The van der Waals surface area contributed by atoms with E-state index in [1.54, 1.807) is 36.6 Å². The minimum atomic E-state index is -0.116. The Labute approximate surface area is 170 Å². The molecule has 1 aromatic heterocycles. The Balaban J connectivity index is 1.67. The Kier molecular flexibility index (Phi) is 7.71. The van der Waals surface area contributed by atoms with Crippen molar-refractivity contribution in [1.82, 2.24) is 10.2 Å². The maximum Gasteiger partial charge on any atom is 0.251 e. The molecule has 0 aliphatic carbocycles. The second kappa shape index (κ2) is 10.5. The van der Waals surface area contributed by atoms with Gasteiger partial charge in [0.1, 0.15) is 0 Å². The van der Waals surface area contributed by atoms with Crippen LogP contribution < -0.4 is 14.8 Å². The molecule has 1 atom stereocenters. The number of carbonyl (C=O) groups excluding carboxylic acids is 1. The van der Waals surface area contributed by atoms with Gasteiger partial charge < -0.3 is 19.5 Å². The van der Waals surface area contributed by atoms with Crippen molar-refractivity contribution in [3.05, 3.63) is 46.2 Å². The van der Waals surface area contributed by atoms with Crippen molar-refractivity contribution >= 4 is 17.2 Å². The molecule has 6 nitrogen and oxygen atoms in total. The van der Waals surface area contributed by atoms with E-state index < -0.39 is 0 Å². The third-order valence-corrected chi connectivity index (χ3v) is 5.68. The van der Waals surface area contributed by atoms with Crippen molar-refractivity contribution in [1.29, 1.82) is 0 Å². The molecule has 0 saturated carbocycles. The van der Waals surface area contributed by atoms with Gasteiger partial charge in [-0.05, 0) is 36.1 Å². The number of rotatable bonds is 9. The predicted octanol–water partition coefficient (Wildman–Crippen LogP) is 3.35. The van der Waals surface area contributed by atoms with Crippen LogP contribution in [0.1, 0.15) is 34.6 Å². The summed E-state index contributed by atoms with van der Waals surface area (Å²) in [6, 6.07) is 9.63. The van der Waals surface area contributed by atoms with Gasteiger partial charge in [-0.2, -0.15) is 0 Å². The van der Waals surface area contributed by atoms with Gasteiger partial charge in [0.2, 0.25) is 0 Å². The van der Waals surface area contributed by atoms with Gasteiger partial charge in [0, 0.05) is 30.1 Å². The molecule has 0 radical (unpaired) electrons. The molecule has 3 rings (SSSR count). The fourth-order valence-electron chi connectivity index (χ4n) is 3.21. The summed E-state index contributed by atoms with van der Waals surface area (Å²) < 4.78 is 16.5. The molecule has 2 aromatic rings. The largest absolute Gasteiger partial charge is 0.493 e. The van der Waals surface area contributed by atoms with E-state index in [2.05, 4.69) is 27.7 Å². The molecule has 1 fully saturated rings. The average molecular weight is 405 g/mol. The first-order valence-corrected chi connectivity index (χ1v) is 10.5. The molecule has 152 valence electrons. The van der Waals surface area contributed by atoms with Crippen molar-refractivity contribution in [2.45, 2.75) is 19.4 Å². The summed E-state index contributed by atoms with van der Waals surface area (Å²) >= 11 is 1.72. The Hall–Kier alpha value is -2.09. The zero-order valence-corrected chi connectivity index (χ0v) is 17.3. The second-order valence-electron chi connectivity index (χ2n) is 6.60. The molecule has 1 N–H and O–H groups in total. The van der Waals surface area contributed by atoms with Crippen LogP contribution in [-0.4, -0.2) is 57.4 Å². The minimum absolute atomic E-state index is 0.116. The lowest BCUT2D eigenvalue weighted by molar-refractivity contribution is 0.0169. The molecular formula is C21H28N2O4S. The van der Waals surface area contributed by atoms with Gasteiger partial charge in [0.15, 0.2) is 11.5 Å². The van der Waals surface area contributed by atoms with Crippen LogP contribution in [0.25, 0.3) is 0 Å². The lowest BCUT2D eigenvalue weighted by Gasteiger charge is -2.34. The van der Waals surface area contributed by atoms with Crippen LogP contribution in [0.5, 0.6) is 11.5 Å². The maximum absolute atomic E-state index is 12.7. The maximum atomic E-state index is 12.7. The van der Waals surface area contributed by atoms with E-state index in [-0.39, 0.29) is 11.9 Å². The van der Waals surface area contributed by atoms with Gasteiger partial charge in [0.25, 0.3) is 5.91 Å². The smallest absolute Gasteiger partial charge is 0.251 e.